The lowest BCUT2D eigenvalue weighted by molar-refractivity contribution is -0.902. The Morgan fingerprint density at radius 1 is 1.31 bits per heavy atom. The smallest absolute Gasteiger partial charge is 0.236 e. The number of ether oxygens (including phenoxy) is 1. The van der Waals surface area contributed by atoms with E-state index < -0.39 is 0 Å². The molecule has 1 saturated heterocycles. The molecule has 0 aliphatic carbocycles. The van der Waals surface area contributed by atoms with Gasteiger partial charge < -0.3 is 14.5 Å². The second-order valence-electron chi connectivity index (χ2n) is 7.12. The number of benzene rings is 1. The Bertz CT molecular complexity index is 828. The molecule has 1 aliphatic heterocycles. The maximum absolute atomic E-state index is 12.9. The molecule has 2 aromatic rings. The monoisotopic (exact) mass is 416 g/mol. The molecule has 3 rings (SSSR count). The molecule has 1 amide bonds. The first-order valence-corrected chi connectivity index (χ1v) is 10.9. The van der Waals surface area contributed by atoms with Gasteiger partial charge in [-0.15, -0.1) is 16.8 Å². The lowest BCUT2D eigenvalue weighted by atomic mass is 10.2. The minimum atomic E-state index is -0.213. The van der Waals surface area contributed by atoms with Crippen molar-refractivity contribution in [2.75, 3.05) is 39.8 Å². The summed E-state index contributed by atoms with van der Waals surface area (Å²) in [5.41, 5.74) is 0.949. The summed E-state index contributed by atoms with van der Waals surface area (Å²) in [6.45, 7) is 13.4. The lowest BCUT2D eigenvalue weighted by Gasteiger charge is -2.32. The average Bonchev–Trinajstić information content (AvgIpc) is 3.15. The summed E-state index contributed by atoms with van der Waals surface area (Å²) in [4.78, 5) is 16.5. The number of hydrogen-bond acceptors (Lipinski definition) is 5. The summed E-state index contributed by atoms with van der Waals surface area (Å²) in [6.07, 6.45) is 1.82. The summed E-state index contributed by atoms with van der Waals surface area (Å²) in [5.74, 6) is 1.72. The third-order valence-electron chi connectivity index (χ3n) is 5.29. The van der Waals surface area contributed by atoms with Crippen LogP contribution in [-0.2, 0) is 11.3 Å². The summed E-state index contributed by atoms with van der Waals surface area (Å²) in [6, 6.07) is 7.72. The van der Waals surface area contributed by atoms with Crippen molar-refractivity contribution < 1.29 is 14.4 Å². The van der Waals surface area contributed by atoms with Gasteiger partial charge in [0.2, 0.25) is 5.91 Å². The van der Waals surface area contributed by atoms with Crippen molar-refractivity contribution in [2.45, 2.75) is 30.8 Å². The van der Waals surface area contributed by atoms with Crippen LogP contribution in [0.25, 0.3) is 11.4 Å². The number of quaternary nitrogens is 1. The van der Waals surface area contributed by atoms with Crippen molar-refractivity contribution in [3.8, 4) is 17.1 Å². The minimum absolute atomic E-state index is 0.171. The quantitative estimate of drug-likeness (QED) is 0.520. The van der Waals surface area contributed by atoms with Crippen LogP contribution in [0.3, 0.4) is 0 Å². The van der Waals surface area contributed by atoms with E-state index >= 15 is 0 Å². The Kier molecular flexibility index (Phi) is 7.33. The van der Waals surface area contributed by atoms with Gasteiger partial charge in [0.05, 0.1) is 45.1 Å². The van der Waals surface area contributed by atoms with E-state index in [2.05, 4.69) is 23.7 Å². The predicted octanol–water partition coefficient (Wildman–Crippen LogP) is 1.37. The van der Waals surface area contributed by atoms with Gasteiger partial charge in [-0.1, -0.05) is 17.8 Å². The van der Waals surface area contributed by atoms with Crippen molar-refractivity contribution in [3.05, 3.63) is 36.9 Å². The van der Waals surface area contributed by atoms with E-state index in [1.807, 2.05) is 46.7 Å². The highest BCUT2D eigenvalue weighted by atomic mass is 32.2. The van der Waals surface area contributed by atoms with E-state index in [9.17, 15) is 4.79 Å². The molecule has 8 heteroatoms. The third kappa shape index (κ3) is 5.00. The average molecular weight is 417 g/mol. The first-order chi connectivity index (χ1) is 14.1. The normalized spacial score (nSPS) is 15.9. The fourth-order valence-electron chi connectivity index (χ4n) is 3.49. The molecule has 1 fully saturated rings. The second-order valence-corrected chi connectivity index (χ2v) is 8.43. The van der Waals surface area contributed by atoms with Crippen LogP contribution in [0.5, 0.6) is 5.75 Å². The highest BCUT2D eigenvalue weighted by Crippen LogP contribution is 2.28. The highest BCUT2D eigenvalue weighted by Gasteiger charge is 2.28. The van der Waals surface area contributed by atoms with Gasteiger partial charge in [-0.2, -0.15) is 0 Å². The molecular weight excluding hydrogens is 386 g/mol. The molecule has 0 saturated carbocycles. The fourth-order valence-corrected chi connectivity index (χ4v) is 4.43. The van der Waals surface area contributed by atoms with Crippen molar-refractivity contribution in [2.24, 2.45) is 0 Å². The number of nitrogens with one attached hydrogen (secondary N) is 1. The number of hydrogen-bond donors (Lipinski definition) is 1. The van der Waals surface area contributed by atoms with Gasteiger partial charge in [0.1, 0.15) is 5.75 Å². The van der Waals surface area contributed by atoms with Crippen LogP contribution in [0, 0.1) is 0 Å². The molecule has 0 unspecified atom stereocenters. The van der Waals surface area contributed by atoms with E-state index in [1.165, 1.54) is 11.8 Å². The second kappa shape index (κ2) is 9.93. The van der Waals surface area contributed by atoms with E-state index in [0.717, 1.165) is 55.0 Å². The van der Waals surface area contributed by atoms with Crippen LogP contribution < -0.4 is 9.64 Å². The first-order valence-electron chi connectivity index (χ1n) is 10.0. The maximum Gasteiger partial charge on any atom is 0.236 e. The SMILES string of the molecule is C=CCn1c(S[C@H](C)C(=O)N2CC[NH+](CC)CC2)nnc1-c1ccc(OC)cc1. The number of allylic oxidation sites excluding steroid dienone is 1. The molecule has 1 N–H and O–H groups in total. The molecule has 1 aromatic carbocycles. The summed E-state index contributed by atoms with van der Waals surface area (Å²) in [5, 5.41) is 9.27. The molecule has 156 valence electrons. The van der Waals surface area contributed by atoms with Crippen LogP contribution in [-0.4, -0.2) is 70.7 Å². The van der Waals surface area contributed by atoms with Gasteiger partial charge in [0.25, 0.3) is 0 Å². The van der Waals surface area contributed by atoms with Gasteiger partial charge >= 0.3 is 0 Å². The van der Waals surface area contributed by atoms with Crippen LogP contribution in [0.4, 0.5) is 0 Å². The summed E-state index contributed by atoms with van der Waals surface area (Å²) in [7, 11) is 1.64. The third-order valence-corrected chi connectivity index (χ3v) is 6.36. The number of methoxy groups -OCH3 is 1. The number of amides is 1. The largest absolute Gasteiger partial charge is 0.497 e. The van der Waals surface area contributed by atoms with Crippen molar-refractivity contribution in [1.82, 2.24) is 19.7 Å². The number of carbonyl (C=O) groups is 1. The van der Waals surface area contributed by atoms with Crippen molar-refractivity contribution in [3.63, 3.8) is 0 Å². The standard InChI is InChI=1S/C21H29N5O2S/c1-5-11-26-19(17-7-9-18(28-4)10-8-17)22-23-21(26)29-16(3)20(27)25-14-12-24(6-2)13-15-25/h5,7-10,16H,1,6,11-15H2,2-4H3/p+1/t16-/m1/s1. The first kappa shape index (κ1) is 21.4. The van der Waals surface area contributed by atoms with Crippen molar-refractivity contribution in [1.29, 1.82) is 0 Å². The number of likely N-dealkylation sites (N-methyl/N-ethyl adjacent to an activating group) is 1. The molecule has 0 spiro atoms. The Morgan fingerprint density at radius 2 is 2.00 bits per heavy atom. The zero-order chi connectivity index (χ0) is 20.8. The number of thioether (sulfide) groups is 1. The summed E-state index contributed by atoms with van der Waals surface area (Å²) < 4.78 is 7.23. The summed E-state index contributed by atoms with van der Waals surface area (Å²) >= 11 is 1.46. The van der Waals surface area contributed by atoms with Gasteiger partial charge in [0.15, 0.2) is 11.0 Å². The Hall–Kier alpha value is -2.32. The molecule has 1 aliphatic rings. The zero-order valence-electron chi connectivity index (χ0n) is 17.4. The van der Waals surface area contributed by atoms with E-state index in [0.29, 0.717) is 6.54 Å². The number of rotatable bonds is 8. The van der Waals surface area contributed by atoms with Gasteiger partial charge in [-0.25, -0.2) is 0 Å². The van der Waals surface area contributed by atoms with E-state index in [-0.39, 0.29) is 11.2 Å². The van der Waals surface area contributed by atoms with Gasteiger partial charge in [-0.05, 0) is 38.1 Å². The number of aromatic nitrogens is 3. The molecule has 0 radical (unpaired) electrons. The Morgan fingerprint density at radius 3 is 2.59 bits per heavy atom. The minimum Gasteiger partial charge on any atom is -0.497 e. The lowest BCUT2D eigenvalue weighted by Crippen LogP contribution is -3.14. The molecule has 1 atom stereocenters. The highest BCUT2D eigenvalue weighted by molar-refractivity contribution is 8.00. The maximum atomic E-state index is 12.9. The molecule has 2 heterocycles. The van der Waals surface area contributed by atoms with Crippen LogP contribution in [0.1, 0.15) is 13.8 Å². The predicted molar refractivity (Wildman–Crippen MR) is 115 cm³/mol. The zero-order valence-corrected chi connectivity index (χ0v) is 18.2. The molecule has 29 heavy (non-hydrogen) atoms. The number of piperazine rings is 1. The van der Waals surface area contributed by atoms with E-state index in [4.69, 9.17) is 4.74 Å². The van der Waals surface area contributed by atoms with Gasteiger partial charge in [0, 0.05) is 12.1 Å². The molecular formula is C21H30N5O2S+. The molecule has 7 nitrogen and oxygen atoms in total. The van der Waals surface area contributed by atoms with Gasteiger partial charge in [-0.3, -0.25) is 9.36 Å². The van der Waals surface area contributed by atoms with Crippen molar-refractivity contribution >= 4 is 17.7 Å². The fraction of sp³-hybridized carbons (Fsp3) is 0.476. The Labute approximate surface area is 176 Å². The van der Waals surface area contributed by atoms with Crippen LogP contribution in [0.15, 0.2) is 42.1 Å². The Balaban J connectivity index is 1.73. The number of carbonyl (C=O) groups excluding carboxylic acids is 1. The van der Waals surface area contributed by atoms with E-state index in [1.54, 1.807) is 12.0 Å². The van der Waals surface area contributed by atoms with Crippen LogP contribution >= 0.6 is 11.8 Å². The van der Waals surface area contributed by atoms with Crippen LogP contribution in [0.2, 0.25) is 0 Å². The molecule has 0 bridgehead atoms. The molecule has 1 aromatic heterocycles. The topological polar surface area (TPSA) is 64.7 Å². The number of nitrogens with zero attached hydrogens (tertiary/aromatic N) is 4.